The molecule has 28 heavy (non-hydrogen) atoms. The lowest BCUT2D eigenvalue weighted by Crippen LogP contribution is -2.05. The molecule has 0 radical (unpaired) electrons. The molecule has 3 aromatic carbocycles. The summed E-state index contributed by atoms with van der Waals surface area (Å²) in [6, 6.07) is 13.3. The highest BCUT2D eigenvalue weighted by Gasteiger charge is 2.31. The van der Waals surface area contributed by atoms with Gasteiger partial charge in [0.2, 0.25) is 0 Å². The third-order valence-corrected chi connectivity index (χ3v) is 5.54. The molecule has 3 rings (SSSR count). The molecule has 7 heteroatoms. The van der Waals surface area contributed by atoms with Crippen LogP contribution >= 0.6 is 0 Å². The summed E-state index contributed by atoms with van der Waals surface area (Å²) in [5.74, 6) is -0.449. The Kier molecular flexibility index (Phi) is 5.06. The van der Waals surface area contributed by atoms with E-state index in [9.17, 15) is 26.0 Å². The van der Waals surface area contributed by atoms with Crippen LogP contribution in [0.25, 0.3) is 22.3 Å². The molecule has 0 atom stereocenters. The van der Waals surface area contributed by atoms with E-state index in [1.54, 1.807) is 12.1 Å². The summed E-state index contributed by atoms with van der Waals surface area (Å²) in [7, 11) is -3.39. The molecule has 0 saturated heterocycles. The first-order chi connectivity index (χ1) is 13.0. The van der Waals surface area contributed by atoms with Crippen LogP contribution in [0.15, 0.2) is 65.6 Å². The first-order valence-electron chi connectivity index (χ1n) is 8.25. The molecular formula is C21H16F4O2S. The molecule has 0 aliphatic carbocycles. The first-order valence-corrected chi connectivity index (χ1v) is 10.1. The van der Waals surface area contributed by atoms with Crippen LogP contribution in [-0.2, 0) is 16.0 Å². The highest BCUT2D eigenvalue weighted by molar-refractivity contribution is 7.90. The predicted octanol–water partition coefficient (Wildman–Crippen LogP) is 5.89. The van der Waals surface area contributed by atoms with Gasteiger partial charge in [0.15, 0.2) is 9.84 Å². The second-order valence-corrected chi connectivity index (χ2v) is 8.53. The van der Waals surface area contributed by atoms with Crippen molar-refractivity contribution in [1.29, 1.82) is 0 Å². The van der Waals surface area contributed by atoms with Crippen molar-refractivity contribution in [2.45, 2.75) is 18.0 Å². The molecule has 0 aliphatic rings. The Labute approximate surface area is 160 Å². The van der Waals surface area contributed by atoms with Crippen LogP contribution in [0.3, 0.4) is 0 Å². The normalized spacial score (nSPS) is 12.2. The van der Waals surface area contributed by atoms with Crippen molar-refractivity contribution in [3.05, 3.63) is 77.6 Å². The van der Waals surface area contributed by atoms with Gasteiger partial charge in [-0.25, -0.2) is 12.8 Å². The van der Waals surface area contributed by atoms with Gasteiger partial charge >= 0.3 is 6.18 Å². The van der Waals surface area contributed by atoms with Gasteiger partial charge in [0.25, 0.3) is 0 Å². The van der Waals surface area contributed by atoms with E-state index < -0.39 is 27.4 Å². The second kappa shape index (κ2) is 7.05. The standard InChI is InChI=1S/C21H16F4O2S/c1-13-11-15(5-10-20(13)22)19-12-16(21(23,24)25)6-9-18(19)14-3-7-17(8-4-14)28(2,26)27/h3-12H,1-2H3. The van der Waals surface area contributed by atoms with Gasteiger partial charge in [0.05, 0.1) is 10.5 Å². The lowest BCUT2D eigenvalue weighted by Gasteiger charge is -2.15. The Morgan fingerprint density at radius 2 is 1.39 bits per heavy atom. The summed E-state index contributed by atoms with van der Waals surface area (Å²) in [6.07, 6.45) is -3.45. The molecule has 0 aliphatic heterocycles. The van der Waals surface area contributed by atoms with E-state index in [0.29, 0.717) is 22.3 Å². The summed E-state index contributed by atoms with van der Waals surface area (Å²) in [5.41, 5.74) is 1.25. The lowest BCUT2D eigenvalue weighted by molar-refractivity contribution is -0.137. The van der Waals surface area contributed by atoms with Crippen molar-refractivity contribution < 1.29 is 26.0 Å². The van der Waals surface area contributed by atoms with Gasteiger partial charge in [-0.3, -0.25) is 0 Å². The summed E-state index contributed by atoms with van der Waals surface area (Å²) in [5, 5.41) is 0. The summed E-state index contributed by atoms with van der Waals surface area (Å²) < 4.78 is 76.5. The van der Waals surface area contributed by atoms with Gasteiger partial charge in [-0.15, -0.1) is 0 Å². The zero-order valence-electron chi connectivity index (χ0n) is 15.0. The van der Waals surface area contributed by atoms with E-state index in [1.165, 1.54) is 43.3 Å². The van der Waals surface area contributed by atoms with Crippen molar-refractivity contribution in [3.63, 3.8) is 0 Å². The zero-order valence-corrected chi connectivity index (χ0v) is 15.8. The molecule has 0 amide bonds. The van der Waals surface area contributed by atoms with E-state index in [-0.39, 0.29) is 10.5 Å². The van der Waals surface area contributed by atoms with E-state index in [4.69, 9.17) is 0 Å². The molecule has 0 N–H and O–H groups in total. The Balaban J connectivity index is 2.21. The largest absolute Gasteiger partial charge is 0.416 e. The first kappa shape index (κ1) is 20.1. The molecule has 0 spiro atoms. The molecule has 0 fully saturated rings. The molecule has 0 saturated carbocycles. The molecule has 0 unspecified atom stereocenters. The van der Waals surface area contributed by atoms with Crippen molar-refractivity contribution in [1.82, 2.24) is 0 Å². The number of rotatable bonds is 3. The fourth-order valence-corrected chi connectivity index (χ4v) is 3.54. The molecule has 3 aromatic rings. The van der Waals surface area contributed by atoms with Crippen LogP contribution in [0.4, 0.5) is 17.6 Å². The predicted molar refractivity (Wildman–Crippen MR) is 100 cm³/mol. The van der Waals surface area contributed by atoms with Crippen LogP contribution in [0.2, 0.25) is 0 Å². The van der Waals surface area contributed by atoms with Gasteiger partial charge in [-0.2, -0.15) is 13.2 Å². The highest BCUT2D eigenvalue weighted by atomic mass is 32.2. The second-order valence-electron chi connectivity index (χ2n) is 6.52. The van der Waals surface area contributed by atoms with Gasteiger partial charge in [0, 0.05) is 6.26 Å². The summed E-state index contributed by atoms with van der Waals surface area (Å²) in [6.45, 7) is 1.53. The zero-order chi connectivity index (χ0) is 20.7. The molecule has 2 nitrogen and oxygen atoms in total. The van der Waals surface area contributed by atoms with Crippen LogP contribution in [-0.4, -0.2) is 14.7 Å². The number of aryl methyl sites for hydroxylation is 1. The van der Waals surface area contributed by atoms with Crippen LogP contribution in [0.5, 0.6) is 0 Å². The minimum atomic E-state index is -4.53. The van der Waals surface area contributed by atoms with Gasteiger partial charge in [-0.1, -0.05) is 24.3 Å². The van der Waals surface area contributed by atoms with Crippen molar-refractivity contribution in [3.8, 4) is 22.3 Å². The molecule has 0 bridgehead atoms. The number of hydrogen-bond acceptors (Lipinski definition) is 2. The number of hydrogen-bond donors (Lipinski definition) is 0. The Bertz CT molecular complexity index is 1130. The maximum Gasteiger partial charge on any atom is 0.416 e. The third kappa shape index (κ3) is 4.09. The van der Waals surface area contributed by atoms with Crippen LogP contribution in [0.1, 0.15) is 11.1 Å². The van der Waals surface area contributed by atoms with Crippen LogP contribution < -0.4 is 0 Å². The average Bonchev–Trinajstić information content (AvgIpc) is 2.62. The number of halogens is 4. The summed E-state index contributed by atoms with van der Waals surface area (Å²) in [4.78, 5) is 0.113. The SMILES string of the molecule is Cc1cc(-c2cc(C(F)(F)F)ccc2-c2ccc(S(C)(=O)=O)cc2)ccc1F. The maximum atomic E-state index is 13.6. The topological polar surface area (TPSA) is 34.1 Å². The minimum absolute atomic E-state index is 0.113. The number of benzene rings is 3. The highest BCUT2D eigenvalue weighted by Crippen LogP contribution is 2.38. The fourth-order valence-electron chi connectivity index (χ4n) is 2.91. The van der Waals surface area contributed by atoms with Crippen molar-refractivity contribution in [2.75, 3.05) is 6.26 Å². The maximum absolute atomic E-state index is 13.6. The van der Waals surface area contributed by atoms with Gasteiger partial charge < -0.3 is 0 Å². The minimum Gasteiger partial charge on any atom is -0.224 e. The van der Waals surface area contributed by atoms with Crippen LogP contribution in [0, 0.1) is 12.7 Å². The van der Waals surface area contributed by atoms with Gasteiger partial charge in [-0.05, 0) is 71.1 Å². The molecular weight excluding hydrogens is 392 g/mol. The fraction of sp³-hybridized carbons (Fsp3) is 0.143. The Morgan fingerprint density at radius 3 is 1.93 bits per heavy atom. The number of alkyl halides is 3. The number of sulfone groups is 1. The lowest BCUT2D eigenvalue weighted by atomic mass is 9.92. The van der Waals surface area contributed by atoms with Gasteiger partial charge in [0.1, 0.15) is 5.82 Å². The Hall–Kier alpha value is -2.67. The Morgan fingerprint density at radius 1 is 0.786 bits per heavy atom. The molecule has 146 valence electrons. The molecule has 0 aromatic heterocycles. The summed E-state index contributed by atoms with van der Waals surface area (Å²) >= 11 is 0. The average molecular weight is 408 g/mol. The quantitative estimate of drug-likeness (QED) is 0.507. The van der Waals surface area contributed by atoms with E-state index >= 15 is 0 Å². The van der Waals surface area contributed by atoms with Crippen molar-refractivity contribution in [2.24, 2.45) is 0 Å². The molecule has 0 heterocycles. The third-order valence-electron chi connectivity index (χ3n) is 4.41. The van der Waals surface area contributed by atoms with Crippen molar-refractivity contribution >= 4 is 9.84 Å². The van der Waals surface area contributed by atoms with E-state index in [1.807, 2.05) is 0 Å². The smallest absolute Gasteiger partial charge is 0.224 e. The van der Waals surface area contributed by atoms with E-state index in [2.05, 4.69) is 0 Å². The monoisotopic (exact) mass is 408 g/mol. The van der Waals surface area contributed by atoms with E-state index in [0.717, 1.165) is 18.4 Å².